The van der Waals surface area contributed by atoms with Crippen LogP contribution in [0.1, 0.15) is 11.1 Å². The molecule has 0 aliphatic carbocycles. The molecule has 138 valence electrons. The van der Waals surface area contributed by atoms with Crippen molar-refractivity contribution in [1.29, 1.82) is 0 Å². The van der Waals surface area contributed by atoms with Gasteiger partial charge in [0.15, 0.2) is 0 Å². The summed E-state index contributed by atoms with van der Waals surface area (Å²) in [5, 5.41) is 1.37. The minimum atomic E-state index is -0.351. The van der Waals surface area contributed by atoms with Gasteiger partial charge in [0.25, 0.3) is 11.1 Å². The summed E-state index contributed by atoms with van der Waals surface area (Å²) in [7, 11) is 0. The number of carbonyl (C=O) groups excluding carboxylic acids is 2. The van der Waals surface area contributed by atoms with Crippen molar-refractivity contribution in [3.05, 3.63) is 75.8 Å². The number of fused-ring (bicyclic) bond motifs is 1. The van der Waals surface area contributed by atoms with Crippen LogP contribution < -0.4 is 0 Å². The van der Waals surface area contributed by atoms with Crippen LogP contribution in [0.15, 0.2) is 59.6 Å². The highest BCUT2D eigenvalue weighted by molar-refractivity contribution is 8.18. The van der Waals surface area contributed by atoms with Crippen LogP contribution in [0, 0.1) is 12.3 Å². The van der Waals surface area contributed by atoms with E-state index in [0.29, 0.717) is 16.5 Å². The first-order valence-electron chi connectivity index (χ1n) is 8.58. The van der Waals surface area contributed by atoms with E-state index in [9.17, 15) is 9.59 Å². The van der Waals surface area contributed by atoms with Gasteiger partial charge in [-0.1, -0.05) is 53.9 Å². The molecule has 4 nitrogen and oxygen atoms in total. The van der Waals surface area contributed by atoms with E-state index in [1.807, 2.05) is 54.7 Å². The fraction of sp³-hybridized carbons (Fsp3) is 0.0909. The molecular weight excluding hydrogens is 392 g/mol. The molecule has 4 rings (SSSR count). The summed E-state index contributed by atoms with van der Waals surface area (Å²) in [6.45, 7) is 0.586. The molecular formula is C22H15ClN2O2S. The predicted molar refractivity (Wildman–Crippen MR) is 114 cm³/mol. The zero-order valence-electron chi connectivity index (χ0n) is 14.8. The number of carbonyl (C=O) groups is 2. The maximum absolute atomic E-state index is 12.5. The molecule has 0 saturated carbocycles. The van der Waals surface area contributed by atoms with Crippen LogP contribution in [0.5, 0.6) is 0 Å². The smallest absolute Gasteiger partial charge is 0.294 e. The Kier molecular flexibility index (Phi) is 4.99. The molecule has 2 aromatic carbocycles. The molecule has 28 heavy (non-hydrogen) atoms. The Labute approximate surface area is 171 Å². The average Bonchev–Trinajstić information content (AvgIpc) is 3.17. The second-order valence-electron chi connectivity index (χ2n) is 6.29. The van der Waals surface area contributed by atoms with E-state index >= 15 is 0 Å². The first kappa shape index (κ1) is 18.4. The minimum Gasteiger partial charge on any atom is -0.342 e. The fourth-order valence-corrected chi connectivity index (χ4v) is 4.22. The lowest BCUT2D eigenvalue weighted by atomic mass is 10.1. The largest absolute Gasteiger partial charge is 0.342 e. The van der Waals surface area contributed by atoms with Gasteiger partial charge in [0.1, 0.15) is 0 Å². The lowest BCUT2D eigenvalue weighted by Crippen LogP contribution is -2.28. The van der Waals surface area contributed by atoms with E-state index in [1.165, 1.54) is 0 Å². The molecule has 0 N–H and O–H groups in total. The number of rotatable bonds is 4. The lowest BCUT2D eigenvalue weighted by molar-refractivity contribution is -0.122. The first-order chi connectivity index (χ1) is 13.6. The standard InChI is InChI=1S/C22H15ClN2O2S/c1-2-11-25-21(26)20(28-22(25)27)12-16-14-24(19-10-6-4-8-17(16)19)13-15-7-3-5-9-18(15)23/h1,3-10,12,14H,11,13H2/b20-12+. The Morgan fingerprint density at radius 2 is 1.86 bits per heavy atom. The van der Waals surface area contributed by atoms with Gasteiger partial charge in [-0.25, -0.2) is 0 Å². The van der Waals surface area contributed by atoms with E-state index in [0.717, 1.165) is 38.7 Å². The number of halogens is 1. The Morgan fingerprint density at radius 3 is 2.64 bits per heavy atom. The van der Waals surface area contributed by atoms with Gasteiger partial charge in [-0.15, -0.1) is 6.42 Å². The third-order valence-electron chi connectivity index (χ3n) is 4.53. The van der Waals surface area contributed by atoms with Gasteiger partial charge < -0.3 is 4.57 Å². The van der Waals surface area contributed by atoms with E-state index < -0.39 is 0 Å². The Balaban J connectivity index is 1.75. The van der Waals surface area contributed by atoms with E-state index in [2.05, 4.69) is 10.5 Å². The van der Waals surface area contributed by atoms with Crippen LogP contribution in [-0.4, -0.2) is 27.2 Å². The zero-order chi connectivity index (χ0) is 19.7. The number of para-hydroxylation sites is 1. The van der Waals surface area contributed by atoms with Crippen molar-refractivity contribution in [2.75, 3.05) is 6.54 Å². The number of nitrogens with zero attached hydrogens (tertiary/aromatic N) is 2. The molecule has 0 bridgehead atoms. The number of imide groups is 1. The summed E-state index contributed by atoms with van der Waals surface area (Å²) in [4.78, 5) is 26.0. The third-order valence-corrected chi connectivity index (χ3v) is 5.80. The van der Waals surface area contributed by atoms with Crippen molar-refractivity contribution in [2.24, 2.45) is 0 Å². The molecule has 1 aliphatic rings. The minimum absolute atomic E-state index is 0.0176. The molecule has 3 aromatic rings. The van der Waals surface area contributed by atoms with E-state index in [4.69, 9.17) is 18.0 Å². The van der Waals surface area contributed by atoms with Gasteiger partial charge in [-0.2, -0.15) is 0 Å². The second kappa shape index (κ2) is 7.59. The Bertz CT molecular complexity index is 1170. The van der Waals surface area contributed by atoms with E-state index in [-0.39, 0.29) is 17.7 Å². The van der Waals surface area contributed by atoms with Crippen LogP contribution in [-0.2, 0) is 11.3 Å². The van der Waals surface area contributed by atoms with Crippen molar-refractivity contribution in [3.63, 3.8) is 0 Å². The van der Waals surface area contributed by atoms with Crippen LogP contribution in [0.4, 0.5) is 4.79 Å². The van der Waals surface area contributed by atoms with Crippen molar-refractivity contribution < 1.29 is 9.59 Å². The fourth-order valence-electron chi connectivity index (χ4n) is 3.20. The monoisotopic (exact) mass is 406 g/mol. The number of benzene rings is 2. The summed E-state index contributed by atoms with van der Waals surface area (Å²) in [6.07, 6.45) is 8.99. The van der Waals surface area contributed by atoms with Crippen LogP contribution in [0.3, 0.4) is 0 Å². The quantitative estimate of drug-likeness (QED) is 0.451. The number of aromatic nitrogens is 1. The molecule has 0 unspecified atom stereocenters. The second-order valence-corrected chi connectivity index (χ2v) is 7.69. The van der Waals surface area contributed by atoms with Crippen molar-refractivity contribution in [3.8, 4) is 12.3 Å². The van der Waals surface area contributed by atoms with Crippen molar-refractivity contribution in [2.45, 2.75) is 6.54 Å². The highest BCUT2D eigenvalue weighted by Gasteiger charge is 2.34. The molecule has 2 amide bonds. The van der Waals surface area contributed by atoms with Crippen LogP contribution in [0.25, 0.3) is 17.0 Å². The molecule has 6 heteroatoms. The molecule has 0 spiro atoms. The lowest BCUT2D eigenvalue weighted by Gasteiger charge is -2.07. The zero-order valence-corrected chi connectivity index (χ0v) is 16.3. The Morgan fingerprint density at radius 1 is 1.11 bits per heavy atom. The van der Waals surface area contributed by atoms with Gasteiger partial charge in [0.2, 0.25) is 0 Å². The third kappa shape index (κ3) is 3.33. The van der Waals surface area contributed by atoms with E-state index in [1.54, 1.807) is 6.08 Å². The summed E-state index contributed by atoms with van der Waals surface area (Å²) < 4.78 is 2.09. The van der Waals surface area contributed by atoms with Crippen molar-refractivity contribution in [1.82, 2.24) is 9.47 Å². The molecule has 1 fully saturated rings. The molecule has 1 aromatic heterocycles. The van der Waals surface area contributed by atoms with Crippen LogP contribution in [0.2, 0.25) is 5.02 Å². The molecule has 1 saturated heterocycles. The van der Waals surface area contributed by atoms with Gasteiger partial charge in [-0.05, 0) is 35.5 Å². The number of amides is 2. The van der Waals surface area contributed by atoms with Gasteiger partial charge in [-0.3, -0.25) is 14.5 Å². The molecule has 0 radical (unpaired) electrons. The van der Waals surface area contributed by atoms with Crippen LogP contribution >= 0.6 is 23.4 Å². The topological polar surface area (TPSA) is 42.3 Å². The highest BCUT2D eigenvalue weighted by atomic mass is 35.5. The van der Waals surface area contributed by atoms with Gasteiger partial charge in [0, 0.05) is 34.2 Å². The molecule has 0 atom stereocenters. The average molecular weight is 407 g/mol. The SMILES string of the molecule is C#CCN1C(=O)S/C(=C/c2cn(Cc3ccccc3Cl)c3ccccc23)C1=O. The number of terminal acetylenes is 1. The number of hydrogen-bond donors (Lipinski definition) is 0. The summed E-state index contributed by atoms with van der Waals surface area (Å²) in [5.41, 5.74) is 2.90. The Hall–Kier alpha value is -2.94. The van der Waals surface area contributed by atoms with Gasteiger partial charge in [0.05, 0.1) is 11.4 Å². The highest BCUT2D eigenvalue weighted by Crippen LogP contribution is 2.34. The maximum atomic E-state index is 12.5. The van der Waals surface area contributed by atoms with Crippen molar-refractivity contribution >= 4 is 51.5 Å². The number of thioether (sulfide) groups is 1. The first-order valence-corrected chi connectivity index (χ1v) is 9.78. The summed E-state index contributed by atoms with van der Waals surface area (Å²) >= 11 is 7.23. The molecule has 1 aliphatic heterocycles. The summed E-state index contributed by atoms with van der Waals surface area (Å²) in [5.74, 6) is 2.00. The normalized spacial score (nSPS) is 15.6. The summed E-state index contributed by atoms with van der Waals surface area (Å²) in [6, 6.07) is 15.6. The molecule has 2 heterocycles. The number of hydrogen-bond acceptors (Lipinski definition) is 3. The van der Waals surface area contributed by atoms with Gasteiger partial charge >= 0.3 is 0 Å². The predicted octanol–water partition coefficient (Wildman–Crippen LogP) is 5.01. The maximum Gasteiger partial charge on any atom is 0.294 e.